The summed E-state index contributed by atoms with van der Waals surface area (Å²) in [5, 5.41) is 31.8. The van der Waals surface area contributed by atoms with Crippen LogP contribution in [-0.2, 0) is 9.09 Å². The Morgan fingerprint density at radius 2 is 2.05 bits per heavy atom. The summed E-state index contributed by atoms with van der Waals surface area (Å²) >= 11 is 0. The van der Waals surface area contributed by atoms with Gasteiger partial charge in [0.1, 0.15) is 6.10 Å². The van der Waals surface area contributed by atoms with Gasteiger partial charge in [0.05, 0.1) is 30.4 Å². The molecule has 2 heterocycles. The number of phosphoric acid groups is 1. The summed E-state index contributed by atoms with van der Waals surface area (Å²) in [5.41, 5.74) is 0.0514. The van der Waals surface area contributed by atoms with Crippen LogP contribution in [-0.4, -0.2) is 60.9 Å². The van der Waals surface area contributed by atoms with E-state index in [2.05, 4.69) is 14.8 Å². The predicted octanol–water partition coefficient (Wildman–Crippen LogP) is -1.38. The fourth-order valence-electron chi connectivity index (χ4n) is 2.31. The number of carbonyl (C=O) groups is 1. The van der Waals surface area contributed by atoms with Crippen molar-refractivity contribution in [1.82, 2.24) is 10.3 Å². The number of aliphatic hydroxyl groups is 2. The number of hydrogen-bond donors (Lipinski definition) is 6. The van der Waals surface area contributed by atoms with E-state index in [4.69, 9.17) is 14.9 Å². The smallest absolute Gasteiger partial charge is 0.469 e. The number of nitrogens with zero attached hydrogens (tertiary/aromatic N) is 1. The molecule has 0 aromatic carbocycles. The minimum absolute atomic E-state index is 0.102. The van der Waals surface area contributed by atoms with Crippen LogP contribution in [0.4, 0.5) is 0 Å². The number of carboxylic acid groups (broad SMARTS) is 1. The van der Waals surface area contributed by atoms with Crippen LogP contribution in [0.5, 0.6) is 0 Å². The topological polar surface area (TPSA) is 169 Å². The van der Waals surface area contributed by atoms with Crippen LogP contribution in [0.15, 0.2) is 18.5 Å². The second kappa shape index (κ2) is 6.39. The Morgan fingerprint density at radius 1 is 1.36 bits per heavy atom. The van der Waals surface area contributed by atoms with Gasteiger partial charge in [0.25, 0.3) is 0 Å². The molecule has 1 aliphatic heterocycles. The first-order valence-corrected chi connectivity index (χ1v) is 7.73. The highest BCUT2D eigenvalue weighted by Crippen LogP contribution is 2.37. The lowest BCUT2D eigenvalue weighted by atomic mass is 9.98. The van der Waals surface area contributed by atoms with Gasteiger partial charge in [-0.15, -0.1) is 0 Å². The van der Waals surface area contributed by atoms with E-state index in [1.54, 1.807) is 0 Å². The van der Waals surface area contributed by atoms with Crippen LogP contribution in [0.3, 0.4) is 0 Å². The second-order valence-corrected chi connectivity index (χ2v) is 6.03. The molecule has 1 saturated heterocycles. The molecular formula is C11H15N2O8P. The van der Waals surface area contributed by atoms with Crippen LogP contribution in [0, 0.1) is 0 Å². The Morgan fingerprint density at radius 3 is 2.64 bits per heavy atom. The zero-order chi connectivity index (χ0) is 16.5. The van der Waals surface area contributed by atoms with E-state index in [0.29, 0.717) is 0 Å². The van der Waals surface area contributed by atoms with E-state index in [-0.39, 0.29) is 11.1 Å². The minimum atomic E-state index is -4.72. The van der Waals surface area contributed by atoms with Crippen molar-refractivity contribution in [2.24, 2.45) is 0 Å². The quantitative estimate of drug-likeness (QED) is 0.353. The molecule has 1 fully saturated rings. The Bertz CT molecular complexity index is 606. The van der Waals surface area contributed by atoms with Crippen molar-refractivity contribution in [3.05, 3.63) is 29.6 Å². The van der Waals surface area contributed by atoms with Crippen molar-refractivity contribution < 1.29 is 39.0 Å². The second-order valence-electron chi connectivity index (χ2n) is 4.79. The number of nitrogens with one attached hydrogen (secondary N) is 1. The third-order valence-electron chi connectivity index (χ3n) is 3.34. The van der Waals surface area contributed by atoms with Crippen LogP contribution in [0.25, 0.3) is 0 Å². The maximum absolute atomic E-state index is 11.2. The Hall–Kier alpha value is -1.39. The van der Waals surface area contributed by atoms with E-state index in [0.717, 1.165) is 0 Å². The van der Waals surface area contributed by atoms with Gasteiger partial charge in [0, 0.05) is 18.0 Å². The molecule has 1 aromatic rings. The lowest BCUT2D eigenvalue weighted by molar-refractivity contribution is 0.0189. The van der Waals surface area contributed by atoms with Gasteiger partial charge in [-0.1, -0.05) is 0 Å². The van der Waals surface area contributed by atoms with Crippen molar-refractivity contribution in [2.75, 3.05) is 6.61 Å². The van der Waals surface area contributed by atoms with Gasteiger partial charge in [-0.05, 0) is 6.07 Å². The number of aliphatic hydroxyl groups excluding tert-OH is 2. The zero-order valence-corrected chi connectivity index (χ0v) is 12.0. The van der Waals surface area contributed by atoms with E-state index in [1.807, 2.05) is 0 Å². The number of phosphoric ester groups is 1. The van der Waals surface area contributed by atoms with Gasteiger partial charge in [0.15, 0.2) is 0 Å². The first kappa shape index (κ1) is 17.0. The van der Waals surface area contributed by atoms with E-state index < -0.39 is 44.7 Å². The summed E-state index contributed by atoms with van der Waals surface area (Å²) in [7, 11) is -4.72. The van der Waals surface area contributed by atoms with Crippen molar-refractivity contribution in [3.63, 3.8) is 0 Å². The normalized spacial score (nSPS) is 28.7. The third kappa shape index (κ3) is 3.68. The Kier molecular flexibility index (Phi) is 4.93. The minimum Gasteiger partial charge on any atom is -0.478 e. The highest BCUT2D eigenvalue weighted by Gasteiger charge is 2.43. The zero-order valence-electron chi connectivity index (χ0n) is 11.1. The number of rotatable bonds is 5. The fourth-order valence-corrected chi connectivity index (χ4v) is 2.66. The SMILES string of the molecule is O=C(O)c1ccncc1[C@@H]1N[C@H](COP(=O)(O)O)C(O)C1O. The van der Waals surface area contributed by atoms with Crippen LogP contribution >= 0.6 is 7.82 Å². The third-order valence-corrected chi connectivity index (χ3v) is 3.82. The molecular weight excluding hydrogens is 319 g/mol. The van der Waals surface area contributed by atoms with Gasteiger partial charge in [0.2, 0.25) is 0 Å². The van der Waals surface area contributed by atoms with Gasteiger partial charge < -0.3 is 30.4 Å². The summed E-state index contributed by atoms with van der Waals surface area (Å²) < 4.78 is 15.0. The molecule has 1 aromatic heterocycles. The van der Waals surface area contributed by atoms with Crippen molar-refractivity contribution in [1.29, 1.82) is 0 Å². The summed E-state index contributed by atoms with van der Waals surface area (Å²) in [6.07, 6.45) is -0.256. The number of carboxylic acids is 1. The van der Waals surface area contributed by atoms with Crippen molar-refractivity contribution in [2.45, 2.75) is 24.3 Å². The highest BCUT2D eigenvalue weighted by atomic mass is 31.2. The standard InChI is InChI=1S/C11H15N2O8P/c14-9-7(4-21-22(18,19)20)13-8(10(9)15)6-3-12-2-1-5(6)11(16)17/h1-3,7-10,13-15H,4H2,(H,16,17)(H2,18,19,20)/t7-,8+,9?,10?/m1/s1. The lowest BCUT2D eigenvalue weighted by Crippen LogP contribution is -2.36. The molecule has 4 atom stereocenters. The monoisotopic (exact) mass is 334 g/mol. The van der Waals surface area contributed by atoms with Crippen LogP contribution in [0.2, 0.25) is 0 Å². The summed E-state index contributed by atoms with van der Waals surface area (Å²) in [4.78, 5) is 32.3. The number of aromatic nitrogens is 1. The summed E-state index contributed by atoms with van der Waals surface area (Å²) in [6.45, 7) is -0.554. The summed E-state index contributed by atoms with van der Waals surface area (Å²) in [5.74, 6) is -1.23. The van der Waals surface area contributed by atoms with E-state index >= 15 is 0 Å². The van der Waals surface area contributed by atoms with Crippen molar-refractivity contribution >= 4 is 13.8 Å². The average molecular weight is 334 g/mol. The fraction of sp³-hybridized carbons (Fsp3) is 0.455. The van der Waals surface area contributed by atoms with Gasteiger partial charge in [-0.25, -0.2) is 9.36 Å². The summed E-state index contributed by atoms with van der Waals surface area (Å²) in [6, 6.07) is -0.688. The molecule has 0 amide bonds. The predicted molar refractivity (Wildman–Crippen MR) is 70.9 cm³/mol. The number of pyridine rings is 1. The van der Waals surface area contributed by atoms with Crippen LogP contribution < -0.4 is 5.32 Å². The molecule has 0 aliphatic carbocycles. The largest absolute Gasteiger partial charge is 0.478 e. The molecule has 22 heavy (non-hydrogen) atoms. The van der Waals surface area contributed by atoms with E-state index in [9.17, 15) is 19.6 Å². The molecule has 6 N–H and O–H groups in total. The van der Waals surface area contributed by atoms with Gasteiger partial charge in [-0.3, -0.25) is 9.51 Å². The van der Waals surface area contributed by atoms with Gasteiger partial charge in [-0.2, -0.15) is 0 Å². The number of aromatic carboxylic acids is 1. The maximum Gasteiger partial charge on any atom is 0.469 e. The average Bonchev–Trinajstić information content (AvgIpc) is 2.72. The molecule has 11 heteroatoms. The van der Waals surface area contributed by atoms with E-state index in [1.165, 1.54) is 18.5 Å². The molecule has 0 radical (unpaired) electrons. The molecule has 0 spiro atoms. The molecule has 1 aliphatic rings. The highest BCUT2D eigenvalue weighted by molar-refractivity contribution is 7.46. The molecule has 122 valence electrons. The number of hydrogen-bond acceptors (Lipinski definition) is 7. The molecule has 2 rings (SSSR count). The lowest BCUT2D eigenvalue weighted by Gasteiger charge is -2.17. The first-order chi connectivity index (χ1) is 10.2. The van der Waals surface area contributed by atoms with Crippen LogP contribution in [0.1, 0.15) is 22.0 Å². The molecule has 2 unspecified atom stereocenters. The first-order valence-electron chi connectivity index (χ1n) is 6.20. The maximum atomic E-state index is 11.2. The molecule has 0 saturated carbocycles. The Balaban J connectivity index is 2.20. The Labute approximate surface area is 124 Å². The molecule has 10 nitrogen and oxygen atoms in total. The van der Waals surface area contributed by atoms with Crippen molar-refractivity contribution in [3.8, 4) is 0 Å². The van der Waals surface area contributed by atoms with Gasteiger partial charge >= 0.3 is 13.8 Å². The molecule has 0 bridgehead atoms.